The number of carbonyl (C=O) groups is 2. The molecule has 2 amide bonds. The van der Waals surface area contributed by atoms with Gasteiger partial charge in [0.1, 0.15) is 11.7 Å². The highest BCUT2D eigenvalue weighted by Gasteiger charge is 2.32. The number of carbonyl (C=O) groups excluding carboxylic acids is 2. The number of nitrogens with two attached hydrogens (primary N) is 1. The molecule has 1 saturated heterocycles. The fourth-order valence-corrected chi connectivity index (χ4v) is 2.89. The molecule has 0 bridgehead atoms. The van der Waals surface area contributed by atoms with Gasteiger partial charge in [-0.1, -0.05) is 6.92 Å². The Hall–Kier alpha value is -1.34. The van der Waals surface area contributed by atoms with Crippen LogP contribution in [0.2, 0.25) is 0 Å². The highest BCUT2D eigenvalue weighted by atomic mass is 79.9. The molecule has 1 aromatic heterocycles. The molecule has 20 heavy (non-hydrogen) atoms. The molecule has 0 radical (unpaired) electrons. The van der Waals surface area contributed by atoms with Gasteiger partial charge in [0.25, 0.3) is 5.91 Å². The monoisotopic (exact) mass is 342 g/mol. The first kappa shape index (κ1) is 15.1. The minimum atomic E-state index is -0.583. The van der Waals surface area contributed by atoms with Crippen molar-refractivity contribution in [2.24, 2.45) is 5.73 Å². The maximum absolute atomic E-state index is 12.7. The van der Waals surface area contributed by atoms with E-state index in [0.717, 1.165) is 17.4 Å². The van der Waals surface area contributed by atoms with Crippen LogP contribution in [0.15, 0.2) is 16.7 Å². The lowest BCUT2D eigenvalue weighted by Crippen LogP contribution is -2.58. The maximum Gasteiger partial charge on any atom is 0.271 e. The first-order chi connectivity index (χ1) is 9.54. The van der Waals surface area contributed by atoms with Gasteiger partial charge in [0.2, 0.25) is 5.91 Å². The number of nitrogens with one attached hydrogen (secondary N) is 1. The van der Waals surface area contributed by atoms with Crippen LogP contribution in [0.1, 0.15) is 23.8 Å². The molecule has 3 N–H and O–H groups in total. The number of aryl methyl sites for hydroxylation is 1. The van der Waals surface area contributed by atoms with Gasteiger partial charge in [0.15, 0.2) is 0 Å². The molecular formula is C13H19BrN4O2. The number of rotatable bonds is 4. The van der Waals surface area contributed by atoms with Gasteiger partial charge in [-0.2, -0.15) is 0 Å². The van der Waals surface area contributed by atoms with Crippen molar-refractivity contribution in [2.75, 3.05) is 19.6 Å². The molecule has 1 aliphatic rings. The van der Waals surface area contributed by atoms with Gasteiger partial charge in [-0.3, -0.25) is 9.59 Å². The number of hydrogen-bond donors (Lipinski definition) is 2. The minimum absolute atomic E-state index is 0.144. The fraction of sp³-hybridized carbons (Fsp3) is 0.538. The lowest BCUT2D eigenvalue weighted by atomic mass is 10.1. The second-order valence-electron chi connectivity index (χ2n) is 4.86. The summed E-state index contributed by atoms with van der Waals surface area (Å²) in [5.41, 5.74) is 5.98. The SMILES string of the molecule is CCCn1cc(Br)cc1C(=O)N1CCNCC1C(N)=O. The van der Waals surface area contributed by atoms with Crippen LogP contribution in [0.25, 0.3) is 0 Å². The summed E-state index contributed by atoms with van der Waals surface area (Å²) in [7, 11) is 0. The predicted octanol–water partition coefficient (Wildman–Crippen LogP) is 0.560. The van der Waals surface area contributed by atoms with Crippen molar-refractivity contribution in [3.05, 3.63) is 22.4 Å². The zero-order valence-corrected chi connectivity index (χ0v) is 13.0. The third-order valence-corrected chi connectivity index (χ3v) is 3.81. The average Bonchev–Trinajstić information content (AvgIpc) is 2.79. The topological polar surface area (TPSA) is 80.4 Å². The molecule has 1 atom stereocenters. The van der Waals surface area contributed by atoms with Crippen LogP contribution in [0.5, 0.6) is 0 Å². The lowest BCUT2D eigenvalue weighted by Gasteiger charge is -2.34. The van der Waals surface area contributed by atoms with Crippen LogP contribution < -0.4 is 11.1 Å². The zero-order valence-electron chi connectivity index (χ0n) is 11.4. The van der Waals surface area contributed by atoms with Crippen LogP contribution in [0, 0.1) is 0 Å². The third kappa shape index (κ3) is 3.04. The molecular weight excluding hydrogens is 324 g/mol. The number of primary amides is 1. The van der Waals surface area contributed by atoms with Gasteiger partial charge >= 0.3 is 0 Å². The molecule has 0 aliphatic carbocycles. The molecule has 1 aliphatic heterocycles. The van der Waals surface area contributed by atoms with Crippen molar-refractivity contribution in [3.63, 3.8) is 0 Å². The second-order valence-corrected chi connectivity index (χ2v) is 5.77. The molecule has 2 heterocycles. The van der Waals surface area contributed by atoms with Gasteiger partial charge in [-0.25, -0.2) is 0 Å². The Morgan fingerprint density at radius 3 is 2.95 bits per heavy atom. The molecule has 1 aromatic rings. The van der Waals surface area contributed by atoms with Gasteiger partial charge < -0.3 is 20.5 Å². The smallest absolute Gasteiger partial charge is 0.271 e. The number of halogens is 1. The minimum Gasteiger partial charge on any atom is -0.368 e. The van der Waals surface area contributed by atoms with E-state index in [2.05, 4.69) is 28.2 Å². The predicted molar refractivity (Wildman–Crippen MR) is 79.3 cm³/mol. The summed E-state index contributed by atoms with van der Waals surface area (Å²) in [4.78, 5) is 25.7. The molecule has 0 spiro atoms. The van der Waals surface area contributed by atoms with Crippen molar-refractivity contribution in [2.45, 2.75) is 25.9 Å². The summed E-state index contributed by atoms with van der Waals surface area (Å²) >= 11 is 3.39. The molecule has 0 aromatic carbocycles. The van der Waals surface area contributed by atoms with Crippen molar-refractivity contribution >= 4 is 27.7 Å². The molecule has 7 heteroatoms. The Labute approximate surface area is 126 Å². The summed E-state index contributed by atoms with van der Waals surface area (Å²) in [6.07, 6.45) is 2.82. The summed E-state index contributed by atoms with van der Waals surface area (Å²) < 4.78 is 2.77. The fourth-order valence-electron chi connectivity index (χ4n) is 2.43. The largest absolute Gasteiger partial charge is 0.368 e. The van der Waals surface area contributed by atoms with E-state index in [9.17, 15) is 9.59 Å². The summed E-state index contributed by atoms with van der Waals surface area (Å²) in [6.45, 7) is 4.39. The van der Waals surface area contributed by atoms with Crippen molar-refractivity contribution in [1.29, 1.82) is 0 Å². The molecule has 1 fully saturated rings. The molecule has 6 nitrogen and oxygen atoms in total. The van der Waals surface area contributed by atoms with E-state index in [0.29, 0.717) is 25.3 Å². The molecule has 110 valence electrons. The Balaban J connectivity index is 2.27. The van der Waals surface area contributed by atoms with Crippen LogP contribution >= 0.6 is 15.9 Å². The quantitative estimate of drug-likeness (QED) is 0.838. The first-order valence-corrected chi connectivity index (χ1v) is 7.50. The average molecular weight is 343 g/mol. The van der Waals surface area contributed by atoms with E-state index in [1.54, 1.807) is 11.0 Å². The van der Waals surface area contributed by atoms with Crippen molar-refractivity contribution in [1.82, 2.24) is 14.8 Å². The Morgan fingerprint density at radius 1 is 1.55 bits per heavy atom. The van der Waals surface area contributed by atoms with E-state index in [4.69, 9.17) is 5.73 Å². The third-order valence-electron chi connectivity index (χ3n) is 3.38. The van der Waals surface area contributed by atoms with Crippen LogP contribution in [-0.2, 0) is 11.3 Å². The lowest BCUT2D eigenvalue weighted by molar-refractivity contribution is -0.122. The van der Waals surface area contributed by atoms with Gasteiger partial charge in [0, 0.05) is 36.8 Å². The van der Waals surface area contributed by atoms with Gasteiger partial charge in [0.05, 0.1) is 0 Å². The van der Waals surface area contributed by atoms with Crippen LogP contribution in [0.3, 0.4) is 0 Å². The van der Waals surface area contributed by atoms with Gasteiger partial charge in [-0.05, 0) is 28.4 Å². The first-order valence-electron chi connectivity index (χ1n) is 6.71. The Morgan fingerprint density at radius 2 is 2.30 bits per heavy atom. The van der Waals surface area contributed by atoms with E-state index in [-0.39, 0.29) is 5.91 Å². The Kier molecular flexibility index (Phi) is 4.82. The van der Waals surface area contributed by atoms with Gasteiger partial charge in [-0.15, -0.1) is 0 Å². The zero-order chi connectivity index (χ0) is 14.7. The number of aromatic nitrogens is 1. The van der Waals surface area contributed by atoms with E-state index in [1.165, 1.54) is 0 Å². The number of nitrogens with zero attached hydrogens (tertiary/aromatic N) is 2. The van der Waals surface area contributed by atoms with E-state index >= 15 is 0 Å². The maximum atomic E-state index is 12.7. The molecule has 0 saturated carbocycles. The summed E-state index contributed by atoms with van der Waals surface area (Å²) in [5, 5.41) is 3.09. The van der Waals surface area contributed by atoms with E-state index in [1.807, 2.05) is 10.8 Å². The number of amides is 2. The van der Waals surface area contributed by atoms with E-state index < -0.39 is 11.9 Å². The second kappa shape index (κ2) is 6.41. The number of piperazine rings is 1. The highest BCUT2D eigenvalue weighted by Crippen LogP contribution is 2.19. The normalized spacial score (nSPS) is 19.1. The summed E-state index contributed by atoms with van der Waals surface area (Å²) in [5.74, 6) is -0.618. The van der Waals surface area contributed by atoms with Crippen LogP contribution in [-0.4, -0.2) is 47.0 Å². The molecule has 2 rings (SSSR count). The summed E-state index contributed by atoms with van der Waals surface area (Å²) in [6, 6.07) is 1.21. The Bertz CT molecular complexity index is 514. The highest BCUT2D eigenvalue weighted by molar-refractivity contribution is 9.10. The standard InChI is InChI=1S/C13H19BrN4O2/c1-2-4-17-8-9(14)6-10(17)13(20)18-5-3-16-7-11(18)12(15)19/h6,8,11,16H,2-5,7H2,1H3,(H2,15,19). The van der Waals surface area contributed by atoms with Crippen LogP contribution in [0.4, 0.5) is 0 Å². The van der Waals surface area contributed by atoms with Crippen molar-refractivity contribution < 1.29 is 9.59 Å². The van der Waals surface area contributed by atoms with Crippen molar-refractivity contribution in [3.8, 4) is 0 Å². The molecule has 1 unspecified atom stereocenters. The number of hydrogen-bond acceptors (Lipinski definition) is 3.